The summed E-state index contributed by atoms with van der Waals surface area (Å²) in [5, 5.41) is 0. The van der Waals surface area contributed by atoms with Crippen LogP contribution in [0.15, 0.2) is 34.5 Å². The van der Waals surface area contributed by atoms with Gasteiger partial charge in [0.05, 0.1) is 11.6 Å². The van der Waals surface area contributed by atoms with E-state index in [1.165, 1.54) is 0 Å². The van der Waals surface area contributed by atoms with Crippen molar-refractivity contribution in [3.63, 3.8) is 0 Å². The molecule has 0 amide bonds. The van der Waals surface area contributed by atoms with Gasteiger partial charge in [0.1, 0.15) is 6.61 Å². The average Bonchev–Trinajstić information content (AvgIpc) is 2.73. The molecule has 1 heterocycles. The monoisotopic (exact) mass is 189 g/mol. The summed E-state index contributed by atoms with van der Waals surface area (Å²) in [6.45, 7) is 7.24. The first-order chi connectivity index (χ1) is 6.57. The Bertz CT molecular complexity index is 362. The van der Waals surface area contributed by atoms with Crippen molar-refractivity contribution in [2.75, 3.05) is 6.61 Å². The molecule has 2 heteroatoms. The minimum atomic E-state index is 0.175. The van der Waals surface area contributed by atoms with E-state index in [0.717, 1.165) is 11.5 Å². The summed E-state index contributed by atoms with van der Waals surface area (Å²) in [5.41, 5.74) is 4.24. The summed E-state index contributed by atoms with van der Waals surface area (Å²) in [5.74, 6) is 0.745. The second kappa shape index (κ2) is 3.14. The lowest BCUT2D eigenvalue weighted by atomic mass is 9.88. The lowest BCUT2D eigenvalue weighted by molar-refractivity contribution is 0.236. The van der Waals surface area contributed by atoms with Crippen molar-refractivity contribution in [2.45, 2.75) is 26.8 Å². The van der Waals surface area contributed by atoms with Gasteiger partial charge in [-0.1, -0.05) is 26.8 Å². The maximum absolute atomic E-state index is 5.56. The zero-order chi connectivity index (χ0) is 10.2. The van der Waals surface area contributed by atoms with Gasteiger partial charge in [-0.2, -0.15) is 0 Å². The van der Waals surface area contributed by atoms with Crippen molar-refractivity contribution in [1.82, 2.24) is 0 Å². The van der Waals surface area contributed by atoms with E-state index in [9.17, 15) is 0 Å². The first-order valence-corrected chi connectivity index (χ1v) is 4.92. The Hall–Kier alpha value is -1.27. The van der Waals surface area contributed by atoms with E-state index in [2.05, 4.69) is 31.5 Å². The number of hydrogen-bond acceptors (Lipinski definition) is 2. The molecule has 2 aliphatic rings. The number of rotatable bonds is 1. The molecule has 2 nitrogen and oxygen atoms in total. The fourth-order valence-electron chi connectivity index (χ4n) is 1.43. The fourth-order valence-corrected chi connectivity index (χ4v) is 1.43. The minimum Gasteiger partial charge on any atom is -0.475 e. The zero-order valence-electron chi connectivity index (χ0n) is 8.87. The molecule has 0 aromatic rings. The summed E-state index contributed by atoms with van der Waals surface area (Å²) in [4.78, 5) is 4.56. The summed E-state index contributed by atoms with van der Waals surface area (Å²) in [6.07, 6.45) is 5.81. The second-order valence-corrected chi connectivity index (χ2v) is 4.71. The van der Waals surface area contributed by atoms with Crippen LogP contribution >= 0.6 is 0 Å². The minimum absolute atomic E-state index is 0.175. The van der Waals surface area contributed by atoms with Crippen LogP contribution in [0.5, 0.6) is 0 Å². The van der Waals surface area contributed by atoms with Gasteiger partial charge in [-0.05, 0) is 17.6 Å². The SMILES string of the molecule is CC(C)(C)[C@H]1COC(C2=C=CC=C2)=N1. The highest BCUT2D eigenvalue weighted by Gasteiger charge is 2.30. The highest BCUT2D eigenvalue weighted by molar-refractivity contribution is 5.97. The lowest BCUT2D eigenvalue weighted by Gasteiger charge is -2.21. The number of ether oxygens (including phenoxy) is 1. The molecule has 0 spiro atoms. The van der Waals surface area contributed by atoms with Gasteiger partial charge in [-0.15, -0.1) is 5.73 Å². The number of allylic oxidation sites excluding steroid dienone is 1. The van der Waals surface area contributed by atoms with Gasteiger partial charge in [-0.3, -0.25) is 0 Å². The normalized spacial score (nSPS) is 24.9. The predicted molar refractivity (Wildman–Crippen MR) is 57.4 cm³/mol. The van der Waals surface area contributed by atoms with Crippen LogP contribution in [0.4, 0.5) is 0 Å². The number of aliphatic imine (C=N–C) groups is 1. The van der Waals surface area contributed by atoms with Gasteiger partial charge < -0.3 is 4.74 Å². The van der Waals surface area contributed by atoms with Crippen molar-refractivity contribution in [2.24, 2.45) is 10.4 Å². The second-order valence-electron chi connectivity index (χ2n) is 4.71. The fraction of sp³-hybridized carbons (Fsp3) is 0.500. The molecule has 0 unspecified atom stereocenters. The third-order valence-corrected chi connectivity index (χ3v) is 2.48. The molecule has 74 valence electrons. The first-order valence-electron chi connectivity index (χ1n) is 4.92. The first kappa shape index (κ1) is 9.29. The van der Waals surface area contributed by atoms with E-state index in [1.54, 1.807) is 0 Å². The Balaban J connectivity index is 2.18. The molecule has 1 aliphatic heterocycles. The highest BCUT2D eigenvalue weighted by Crippen LogP contribution is 2.27. The highest BCUT2D eigenvalue weighted by atomic mass is 16.5. The molecule has 1 aliphatic carbocycles. The molecule has 0 aromatic heterocycles. The van der Waals surface area contributed by atoms with Crippen LogP contribution < -0.4 is 0 Å². The molecule has 0 bridgehead atoms. The smallest absolute Gasteiger partial charge is 0.224 e. The quantitative estimate of drug-likeness (QED) is 0.581. The van der Waals surface area contributed by atoms with Gasteiger partial charge in [-0.25, -0.2) is 4.99 Å². The van der Waals surface area contributed by atoms with Crippen molar-refractivity contribution >= 4 is 5.90 Å². The Morgan fingerprint density at radius 1 is 1.50 bits per heavy atom. The van der Waals surface area contributed by atoms with Crippen LogP contribution in [0.3, 0.4) is 0 Å². The predicted octanol–water partition coefficient (Wildman–Crippen LogP) is 2.48. The van der Waals surface area contributed by atoms with Crippen molar-refractivity contribution in [3.8, 4) is 0 Å². The van der Waals surface area contributed by atoms with Crippen molar-refractivity contribution in [3.05, 3.63) is 29.5 Å². The van der Waals surface area contributed by atoms with E-state index >= 15 is 0 Å². The van der Waals surface area contributed by atoms with E-state index < -0.39 is 0 Å². The van der Waals surface area contributed by atoms with E-state index in [1.807, 2.05) is 18.2 Å². The largest absolute Gasteiger partial charge is 0.475 e. The molecule has 0 aromatic carbocycles. The van der Waals surface area contributed by atoms with Crippen LogP contribution in [-0.2, 0) is 4.74 Å². The summed E-state index contributed by atoms with van der Waals surface area (Å²) in [7, 11) is 0. The molecule has 1 atom stereocenters. The van der Waals surface area contributed by atoms with Crippen LogP contribution in [0.1, 0.15) is 20.8 Å². The maximum atomic E-state index is 5.56. The van der Waals surface area contributed by atoms with Gasteiger partial charge in [0, 0.05) is 0 Å². The average molecular weight is 189 g/mol. The van der Waals surface area contributed by atoms with Gasteiger partial charge in [0.15, 0.2) is 0 Å². The summed E-state index contributed by atoms with van der Waals surface area (Å²) < 4.78 is 5.56. The van der Waals surface area contributed by atoms with Crippen LogP contribution in [0.2, 0.25) is 0 Å². The lowest BCUT2D eigenvalue weighted by Crippen LogP contribution is -2.25. The third-order valence-electron chi connectivity index (χ3n) is 2.48. The molecule has 2 rings (SSSR count). The van der Waals surface area contributed by atoms with Gasteiger partial charge >= 0.3 is 0 Å². The van der Waals surface area contributed by atoms with Crippen molar-refractivity contribution < 1.29 is 4.74 Å². The summed E-state index contributed by atoms with van der Waals surface area (Å²) in [6, 6.07) is 0.265. The number of nitrogens with zero attached hydrogens (tertiary/aromatic N) is 1. The Morgan fingerprint density at radius 3 is 2.79 bits per heavy atom. The topological polar surface area (TPSA) is 21.6 Å². The van der Waals surface area contributed by atoms with Crippen molar-refractivity contribution in [1.29, 1.82) is 0 Å². The molecule has 0 radical (unpaired) electrons. The molecular formula is C12H15NO. The molecule has 14 heavy (non-hydrogen) atoms. The molecule has 0 saturated carbocycles. The molecule has 0 N–H and O–H groups in total. The Labute approximate surface area is 84.7 Å². The van der Waals surface area contributed by atoms with E-state index in [-0.39, 0.29) is 11.5 Å². The van der Waals surface area contributed by atoms with E-state index in [4.69, 9.17) is 4.74 Å². The Morgan fingerprint density at radius 2 is 2.29 bits per heavy atom. The Kier molecular flexibility index (Phi) is 2.09. The zero-order valence-corrected chi connectivity index (χ0v) is 8.87. The van der Waals surface area contributed by atoms with E-state index in [0.29, 0.717) is 6.61 Å². The van der Waals surface area contributed by atoms with Crippen LogP contribution in [0.25, 0.3) is 0 Å². The number of hydrogen-bond donors (Lipinski definition) is 0. The third kappa shape index (κ3) is 1.66. The molecule has 0 saturated heterocycles. The molecule has 0 fully saturated rings. The van der Waals surface area contributed by atoms with Gasteiger partial charge in [0.2, 0.25) is 5.90 Å². The maximum Gasteiger partial charge on any atom is 0.224 e. The molecular weight excluding hydrogens is 174 g/mol. The standard InChI is InChI=1S/C12H15NO/c1-12(2,3)10-8-14-11(13-10)9-6-4-5-7-9/h4-6,10H,8H2,1-3H3/t10-/m1/s1. The summed E-state index contributed by atoms with van der Waals surface area (Å²) >= 11 is 0. The van der Waals surface area contributed by atoms with Gasteiger partial charge in [0.25, 0.3) is 0 Å². The van der Waals surface area contributed by atoms with Crippen LogP contribution in [-0.4, -0.2) is 18.5 Å². The van der Waals surface area contributed by atoms with Crippen LogP contribution in [0, 0.1) is 5.41 Å².